The van der Waals surface area contributed by atoms with Crippen molar-refractivity contribution in [2.24, 2.45) is 5.73 Å². The second kappa shape index (κ2) is 15.7. The van der Waals surface area contributed by atoms with Crippen molar-refractivity contribution in [2.45, 2.75) is 0 Å². The van der Waals surface area contributed by atoms with Gasteiger partial charge >= 0.3 is 0 Å². The second-order valence-corrected chi connectivity index (χ2v) is 0.982. The number of hydrogen-bond acceptors (Lipinski definition) is 3. The van der Waals surface area contributed by atoms with Crippen molar-refractivity contribution in [3.8, 4) is 0 Å². The summed E-state index contributed by atoms with van der Waals surface area (Å²) in [6, 6.07) is 0. The molecule has 0 saturated heterocycles. The molecule has 0 fully saturated rings. The average Bonchev–Trinajstić information content (AvgIpc) is 1.91. The molecule has 0 aromatic rings. The molecule has 3 heteroatoms. The van der Waals surface area contributed by atoms with E-state index in [-0.39, 0.29) is 6.61 Å². The molecule has 0 bridgehead atoms. The van der Waals surface area contributed by atoms with Gasteiger partial charge in [0.1, 0.15) is 0 Å². The predicted molar refractivity (Wildman–Crippen MR) is 37.6 cm³/mol. The molecule has 0 radical (unpaired) electrons. The minimum Gasteiger partial charge on any atom is -0.474 e. The third-order valence-corrected chi connectivity index (χ3v) is 0.322. The summed E-state index contributed by atoms with van der Waals surface area (Å²) in [5.74, 6) is 0. The Hall–Kier alpha value is -0.800. The SMILES string of the molecule is C=COC=C.NCCO. The van der Waals surface area contributed by atoms with Gasteiger partial charge in [0.2, 0.25) is 0 Å². The molecule has 0 aliphatic rings. The Balaban J connectivity index is 0. The van der Waals surface area contributed by atoms with Crippen molar-refractivity contribution in [1.29, 1.82) is 0 Å². The van der Waals surface area contributed by atoms with Crippen molar-refractivity contribution in [2.75, 3.05) is 13.2 Å². The van der Waals surface area contributed by atoms with E-state index in [4.69, 9.17) is 10.8 Å². The molecule has 0 saturated carbocycles. The van der Waals surface area contributed by atoms with Crippen LogP contribution in [-0.2, 0) is 4.74 Å². The van der Waals surface area contributed by atoms with Gasteiger partial charge in [0.15, 0.2) is 0 Å². The molecule has 3 nitrogen and oxygen atoms in total. The van der Waals surface area contributed by atoms with Crippen LogP contribution in [0.5, 0.6) is 0 Å². The molecule has 0 unspecified atom stereocenters. The Morgan fingerprint density at radius 1 is 1.44 bits per heavy atom. The van der Waals surface area contributed by atoms with Crippen molar-refractivity contribution < 1.29 is 9.84 Å². The van der Waals surface area contributed by atoms with Crippen LogP contribution in [0.3, 0.4) is 0 Å². The zero-order valence-electron chi connectivity index (χ0n) is 5.42. The molecule has 0 spiro atoms. The van der Waals surface area contributed by atoms with Crippen LogP contribution in [-0.4, -0.2) is 18.3 Å². The third-order valence-electron chi connectivity index (χ3n) is 0.322. The van der Waals surface area contributed by atoms with Gasteiger partial charge < -0.3 is 15.6 Å². The van der Waals surface area contributed by atoms with Crippen molar-refractivity contribution in [3.05, 3.63) is 25.7 Å². The molecule has 0 aliphatic carbocycles. The number of rotatable bonds is 3. The molecular weight excluding hydrogens is 118 g/mol. The highest BCUT2D eigenvalue weighted by Crippen LogP contribution is 1.65. The van der Waals surface area contributed by atoms with Gasteiger partial charge in [-0.25, -0.2) is 0 Å². The summed E-state index contributed by atoms with van der Waals surface area (Å²) < 4.78 is 4.36. The van der Waals surface area contributed by atoms with E-state index < -0.39 is 0 Å². The van der Waals surface area contributed by atoms with Crippen molar-refractivity contribution >= 4 is 0 Å². The van der Waals surface area contributed by atoms with Crippen LogP contribution in [0.15, 0.2) is 25.7 Å². The molecular formula is C6H13NO2. The zero-order valence-corrected chi connectivity index (χ0v) is 5.42. The van der Waals surface area contributed by atoms with E-state index in [0.717, 1.165) is 0 Å². The van der Waals surface area contributed by atoms with E-state index in [1.54, 1.807) is 0 Å². The first-order valence-electron chi connectivity index (χ1n) is 2.51. The van der Waals surface area contributed by atoms with Gasteiger partial charge in [-0.3, -0.25) is 0 Å². The Kier molecular flexibility index (Phi) is 19.3. The molecule has 3 N–H and O–H groups in total. The van der Waals surface area contributed by atoms with Crippen LogP contribution in [0.1, 0.15) is 0 Å². The molecule has 0 aromatic carbocycles. The summed E-state index contributed by atoms with van der Waals surface area (Å²) in [5.41, 5.74) is 4.78. The normalized spacial score (nSPS) is 6.44. The maximum Gasteiger partial charge on any atom is 0.0829 e. The van der Waals surface area contributed by atoms with Crippen molar-refractivity contribution in [1.82, 2.24) is 0 Å². The monoisotopic (exact) mass is 131 g/mol. The minimum absolute atomic E-state index is 0.0972. The van der Waals surface area contributed by atoms with Crippen LogP contribution in [0.25, 0.3) is 0 Å². The van der Waals surface area contributed by atoms with E-state index in [1.165, 1.54) is 12.5 Å². The van der Waals surface area contributed by atoms with Gasteiger partial charge in [-0.15, -0.1) is 0 Å². The van der Waals surface area contributed by atoms with E-state index in [0.29, 0.717) is 6.54 Å². The molecule has 0 heterocycles. The topological polar surface area (TPSA) is 55.5 Å². The summed E-state index contributed by atoms with van der Waals surface area (Å²) >= 11 is 0. The number of ether oxygens (including phenoxy) is 1. The lowest BCUT2D eigenvalue weighted by Crippen LogP contribution is -2.02. The Bertz CT molecular complexity index is 56.1. The molecule has 0 aliphatic heterocycles. The van der Waals surface area contributed by atoms with Crippen LogP contribution in [0.2, 0.25) is 0 Å². The fourth-order valence-electron chi connectivity index (χ4n) is 0.0680. The van der Waals surface area contributed by atoms with Gasteiger partial charge in [0.05, 0.1) is 19.1 Å². The Morgan fingerprint density at radius 2 is 1.78 bits per heavy atom. The van der Waals surface area contributed by atoms with Gasteiger partial charge in [0.25, 0.3) is 0 Å². The largest absolute Gasteiger partial charge is 0.474 e. The second-order valence-electron chi connectivity index (χ2n) is 0.982. The highest BCUT2D eigenvalue weighted by Gasteiger charge is 1.56. The Morgan fingerprint density at radius 3 is 1.78 bits per heavy atom. The summed E-state index contributed by atoms with van der Waals surface area (Å²) in [5, 5.41) is 7.75. The minimum atomic E-state index is 0.0972. The van der Waals surface area contributed by atoms with E-state index >= 15 is 0 Å². The highest BCUT2D eigenvalue weighted by atomic mass is 16.5. The maximum atomic E-state index is 7.75. The highest BCUT2D eigenvalue weighted by molar-refractivity contribution is 4.57. The van der Waals surface area contributed by atoms with Gasteiger partial charge in [-0.05, 0) is 0 Å². The first-order chi connectivity index (χ1) is 4.33. The van der Waals surface area contributed by atoms with E-state index in [1.807, 2.05) is 0 Å². The lowest BCUT2D eigenvalue weighted by atomic mass is 10.8. The summed E-state index contributed by atoms with van der Waals surface area (Å²) in [4.78, 5) is 0. The summed E-state index contributed by atoms with van der Waals surface area (Å²) in [6.45, 7) is 6.99. The van der Waals surface area contributed by atoms with E-state index in [2.05, 4.69) is 17.9 Å². The fraction of sp³-hybridized carbons (Fsp3) is 0.333. The van der Waals surface area contributed by atoms with Gasteiger partial charge in [-0.2, -0.15) is 0 Å². The molecule has 0 rings (SSSR count). The first kappa shape index (κ1) is 11.1. The molecule has 0 atom stereocenters. The van der Waals surface area contributed by atoms with Gasteiger partial charge in [0, 0.05) is 6.54 Å². The summed E-state index contributed by atoms with van der Waals surface area (Å²) in [6.07, 6.45) is 2.62. The van der Waals surface area contributed by atoms with Gasteiger partial charge in [-0.1, -0.05) is 13.2 Å². The molecule has 9 heavy (non-hydrogen) atoms. The maximum absolute atomic E-state index is 7.75. The lowest BCUT2D eigenvalue weighted by Gasteiger charge is -1.76. The molecule has 0 amide bonds. The van der Waals surface area contributed by atoms with Crippen LogP contribution in [0.4, 0.5) is 0 Å². The fourth-order valence-corrected chi connectivity index (χ4v) is 0.0680. The zero-order chi connectivity index (χ0) is 7.54. The standard InChI is InChI=1S/C4H6O.C2H7NO/c1-3-5-4-2;3-1-2-4/h3-4H,1-2H2;4H,1-3H2. The van der Waals surface area contributed by atoms with Crippen molar-refractivity contribution in [3.63, 3.8) is 0 Å². The molecule has 0 aromatic heterocycles. The average molecular weight is 131 g/mol. The Labute approximate surface area is 55.4 Å². The molecule has 54 valence electrons. The predicted octanol–water partition coefficient (Wildman–Crippen LogP) is 0.227. The number of aliphatic hydroxyl groups is 1. The van der Waals surface area contributed by atoms with E-state index in [9.17, 15) is 0 Å². The lowest BCUT2D eigenvalue weighted by molar-refractivity contribution is 0.306. The van der Waals surface area contributed by atoms with Crippen LogP contribution < -0.4 is 5.73 Å². The smallest absolute Gasteiger partial charge is 0.0829 e. The quantitative estimate of drug-likeness (QED) is 0.539. The summed E-state index contributed by atoms with van der Waals surface area (Å²) in [7, 11) is 0. The van der Waals surface area contributed by atoms with Crippen LogP contribution >= 0.6 is 0 Å². The number of hydrogen-bond donors (Lipinski definition) is 2. The van der Waals surface area contributed by atoms with Crippen LogP contribution in [0, 0.1) is 0 Å². The first-order valence-corrected chi connectivity index (χ1v) is 2.51. The number of nitrogens with two attached hydrogens (primary N) is 1. The number of aliphatic hydroxyl groups excluding tert-OH is 1. The third kappa shape index (κ3) is 40.2.